The molecule has 0 bridgehead atoms. The van der Waals surface area contributed by atoms with E-state index in [0.29, 0.717) is 0 Å². The number of rotatable bonds is 5. The summed E-state index contributed by atoms with van der Waals surface area (Å²) in [5, 5.41) is 4.50. The average molecular weight is 358 g/mol. The van der Waals surface area contributed by atoms with Crippen molar-refractivity contribution in [2.75, 3.05) is 5.75 Å². The van der Waals surface area contributed by atoms with Crippen LogP contribution in [0, 0.1) is 11.6 Å². The fourth-order valence-corrected chi connectivity index (χ4v) is 3.17. The van der Waals surface area contributed by atoms with E-state index in [1.165, 1.54) is 23.9 Å². The average Bonchev–Trinajstić information content (AvgIpc) is 2.59. The lowest BCUT2D eigenvalue weighted by Crippen LogP contribution is -2.28. The summed E-state index contributed by atoms with van der Waals surface area (Å²) in [5.41, 5.74) is 1.12. The summed E-state index contributed by atoms with van der Waals surface area (Å²) in [6.07, 6.45) is 0. The number of pyridine rings is 1. The van der Waals surface area contributed by atoms with E-state index in [9.17, 15) is 13.6 Å². The molecule has 0 radical (unpaired) electrons. The van der Waals surface area contributed by atoms with Gasteiger partial charge < -0.3 is 5.32 Å². The largest absolute Gasteiger partial charge is 0.349 e. The molecule has 1 atom stereocenters. The van der Waals surface area contributed by atoms with Crippen molar-refractivity contribution in [3.8, 4) is 0 Å². The molecule has 0 spiro atoms. The van der Waals surface area contributed by atoms with Gasteiger partial charge in [-0.1, -0.05) is 42.1 Å². The molecule has 128 valence electrons. The molecule has 0 aliphatic carbocycles. The van der Waals surface area contributed by atoms with Gasteiger partial charge in [-0.3, -0.25) is 4.79 Å². The van der Waals surface area contributed by atoms with Crippen LogP contribution in [0.3, 0.4) is 0 Å². The zero-order valence-electron chi connectivity index (χ0n) is 13.5. The fraction of sp³-hybridized carbons (Fsp3) is 0.158. The molecule has 1 N–H and O–H groups in total. The van der Waals surface area contributed by atoms with E-state index in [2.05, 4.69) is 10.3 Å². The van der Waals surface area contributed by atoms with Gasteiger partial charge in [0.15, 0.2) is 0 Å². The maximum Gasteiger partial charge on any atom is 0.230 e. The first-order chi connectivity index (χ1) is 12.0. The van der Waals surface area contributed by atoms with Crippen molar-refractivity contribution in [3.63, 3.8) is 0 Å². The summed E-state index contributed by atoms with van der Waals surface area (Å²) in [6, 6.07) is 14.4. The molecule has 3 nitrogen and oxygen atoms in total. The van der Waals surface area contributed by atoms with E-state index in [1.54, 1.807) is 6.92 Å². The molecule has 2 aromatic carbocycles. The molecule has 0 unspecified atom stereocenters. The lowest BCUT2D eigenvalue weighted by molar-refractivity contribution is -0.119. The molecule has 0 fully saturated rings. The Morgan fingerprint density at radius 1 is 1.16 bits per heavy atom. The van der Waals surface area contributed by atoms with Crippen LogP contribution in [0.5, 0.6) is 0 Å². The van der Waals surface area contributed by atoms with Gasteiger partial charge in [0, 0.05) is 17.0 Å². The number of amides is 1. The van der Waals surface area contributed by atoms with Gasteiger partial charge in [0.2, 0.25) is 5.91 Å². The molecule has 0 saturated carbocycles. The van der Waals surface area contributed by atoms with E-state index in [-0.39, 0.29) is 17.2 Å². The molecule has 0 aliphatic heterocycles. The van der Waals surface area contributed by atoms with E-state index < -0.39 is 17.7 Å². The number of aromatic nitrogens is 1. The Hall–Kier alpha value is -2.47. The van der Waals surface area contributed by atoms with Gasteiger partial charge in [0.1, 0.15) is 11.6 Å². The highest BCUT2D eigenvalue weighted by molar-refractivity contribution is 7.99. The summed E-state index contributed by atoms with van der Waals surface area (Å²) in [7, 11) is 0. The zero-order valence-corrected chi connectivity index (χ0v) is 14.3. The minimum Gasteiger partial charge on any atom is -0.349 e. The van der Waals surface area contributed by atoms with Gasteiger partial charge in [0.25, 0.3) is 0 Å². The zero-order chi connectivity index (χ0) is 17.8. The summed E-state index contributed by atoms with van der Waals surface area (Å²) >= 11 is 1.31. The summed E-state index contributed by atoms with van der Waals surface area (Å²) in [5.74, 6) is -1.39. The number of para-hydroxylation sites is 1. The third-order valence-corrected chi connectivity index (χ3v) is 4.66. The van der Waals surface area contributed by atoms with Gasteiger partial charge in [-0.05, 0) is 25.1 Å². The quantitative estimate of drug-likeness (QED) is 0.684. The minimum absolute atomic E-state index is 0.165. The minimum atomic E-state index is -0.670. The van der Waals surface area contributed by atoms with Crippen LogP contribution in [0.4, 0.5) is 8.78 Å². The van der Waals surface area contributed by atoms with Gasteiger partial charge in [-0.15, -0.1) is 0 Å². The van der Waals surface area contributed by atoms with Crippen molar-refractivity contribution < 1.29 is 13.6 Å². The third-order valence-electron chi connectivity index (χ3n) is 3.73. The Balaban J connectivity index is 1.60. The summed E-state index contributed by atoms with van der Waals surface area (Å²) in [6.45, 7) is 1.66. The lowest BCUT2D eigenvalue weighted by atomic mass is 10.1. The number of hydrogen-bond acceptors (Lipinski definition) is 3. The monoisotopic (exact) mass is 358 g/mol. The molecule has 25 heavy (non-hydrogen) atoms. The van der Waals surface area contributed by atoms with E-state index in [4.69, 9.17) is 0 Å². The van der Waals surface area contributed by atoms with Gasteiger partial charge in [0.05, 0.1) is 22.3 Å². The second-order valence-electron chi connectivity index (χ2n) is 5.59. The van der Waals surface area contributed by atoms with Crippen LogP contribution in [-0.2, 0) is 4.79 Å². The van der Waals surface area contributed by atoms with E-state index >= 15 is 0 Å². The van der Waals surface area contributed by atoms with Crippen LogP contribution in [-0.4, -0.2) is 16.6 Å². The number of carbonyl (C=O) groups excluding carboxylic acids is 1. The predicted octanol–water partition coefficient (Wildman–Crippen LogP) is 4.48. The van der Waals surface area contributed by atoms with Gasteiger partial charge in [-0.25, -0.2) is 13.8 Å². The number of fused-ring (bicyclic) bond motifs is 1. The number of halogens is 2. The third kappa shape index (κ3) is 4.33. The Kier molecular flexibility index (Phi) is 5.28. The highest BCUT2D eigenvalue weighted by Gasteiger charge is 2.14. The molecule has 0 aliphatic rings. The molecule has 3 rings (SSSR count). The van der Waals surface area contributed by atoms with Crippen LogP contribution in [0.1, 0.15) is 18.5 Å². The Morgan fingerprint density at radius 3 is 2.76 bits per heavy atom. The maximum absolute atomic E-state index is 13.7. The first-order valence-corrected chi connectivity index (χ1v) is 8.74. The molecule has 1 aromatic heterocycles. The summed E-state index contributed by atoms with van der Waals surface area (Å²) < 4.78 is 26.7. The Bertz CT molecular complexity index is 917. The number of nitrogens with zero attached hydrogens (tertiary/aromatic N) is 1. The first-order valence-electron chi connectivity index (χ1n) is 7.76. The number of carbonyl (C=O) groups is 1. The Labute approximate surface area is 148 Å². The topological polar surface area (TPSA) is 42.0 Å². The van der Waals surface area contributed by atoms with Crippen molar-refractivity contribution in [1.82, 2.24) is 10.3 Å². The van der Waals surface area contributed by atoms with Crippen molar-refractivity contribution in [2.24, 2.45) is 0 Å². The molecule has 1 heterocycles. The van der Waals surface area contributed by atoms with Crippen molar-refractivity contribution >= 4 is 28.6 Å². The SMILES string of the molecule is C[C@@H](NC(=O)CSc1ccc2ccccc2n1)c1ccc(F)cc1F. The van der Waals surface area contributed by atoms with Crippen LogP contribution < -0.4 is 5.32 Å². The van der Waals surface area contributed by atoms with Gasteiger partial charge >= 0.3 is 0 Å². The molecule has 3 aromatic rings. The molecular formula is C19H16F2N2OS. The van der Waals surface area contributed by atoms with Crippen LogP contribution in [0.15, 0.2) is 59.6 Å². The number of hydrogen-bond donors (Lipinski definition) is 1. The number of thioether (sulfide) groups is 1. The maximum atomic E-state index is 13.7. The summed E-state index contributed by atoms with van der Waals surface area (Å²) in [4.78, 5) is 16.6. The van der Waals surface area contributed by atoms with E-state index in [0.717, 1.165) is 22.0 Å². The standard InChI is InChI=1S/C19H16F2N2OS/c1-12(15-8-7-14(20)10-16(15)21)22-18(24)11-25-19-9-6-13-4-2-3-5-17(13)23-19/h2-10,12H,11H2,1H3,(H,22,24)/t12-/m1/s1. The molecular weight excluding hydrogens is 342 g/mol. The van der Waals surface area contributed by atoms with Crippen molar-refractivity contribution in [3.05, 3.63) is 71.8 Å². The molecule has 1 amide bonds. The first kappa shape index (κ1) is 17.4. The molecule has 6 heteroatoms. The van der Waals surface area contributed by atoms with Crippen molar-refractivity contribution in [2.45, 2.75) is 18.0 Å². The highest BCUT2D eigenvalue weighted by Crippen LogP contribution is 2.21. The van der Waals surface area contributed by atoms with Crippen LogP contribution in [0.25, 0.3) is 10.9 Å². The predicted molar refractivity (Wildman–Crippen MR) is 95.4 cm³/mol. The lowest BCUT2D eigenvalue weighted by Gasteiger charge is -2.15. The Morgan fingerprint density at radius 2 is 1.96 bits per heavy atom. The van der Waals surface area contributed by atoms with Crippen LogP contribution >= 0.6 is 11.8 Å². The highest BCUT2D eigenvalue weighted by atomic mass is 32.2. The number of benzene rings is 2. The second kappa shape index (κ2) is 7.61. The normalized spacial score (nSPS) is 12.1. The van der Waals surface area contributed by atoms with Crippen LogP contribution in [0.2, 0.25) is 0 Å². The van der Waals surface area contributed by atoms with E-state index in [1.807, 2.05) is 36.4 Å². The van der Waals surface area contributed by atoms with Gasteiger partial charge in [-0.2, -0.15) is 0 Å². The number of nitrogens with one attached hydrogen (secondary N) is 1. The molecule has 0 saturated heterocycles. The second-order valence-corrected chi connectivity index (χ2v) is 6.58. The smallest absolute Gasteiger partial charge is 0.230 e. The van der Waals surface area contributed by atoms with Crippen molar-refractivity contribution in [1.29, 1.82) is 0 Å². The fourth-order valence-electron chi connectivity index (χ4n) is 2.48.